The maximum absolute atomic E-state index is 12.3. The summed E-state index contributed by atoms with van der Waals surface area (Å²) in [6, 6.07) is 0. The molecule has 0 aromatic carbocycles. The van der Waals surface area contributed by atoms with Crippen molar-refractivity contribution >= 4 is 16.1 Å². The molecule has 2 aliphatic heterocycles. The molecule has 22 heavy (non-hydrogen) atoms. The van der Waals surface area contributed by atoms with Gasteiger partial charge >= 0.3 is 0 Å². The van der Waals surface area contributed by atoms with Gasteiger partial charge in [0.1, 0.15) is 0 Å². The van der Waals surface area contributed by atoms with Crippen LogP contribution in [-0.4, -0.2) is 68.5 Å². The van der Waals surface area contributed by atoms with Crippen LogP contribution >= 0.6 is 0 Å². The number of ether oxygens (including phenoxy) is 1. The summed E-state index contributed by atoms with van der Waals surface area (Å²) in [5, 5.41) is 0. The van der Waals surface area contributed by atoms with Crippen molar-refractivity contribution in [3.63, 3.8) is 0 Å². The Hall–Kier alpha value is -0.700. The van der Waals surface area contributed by atoms with Gasteiger partial charge in [0.25, 0.3) is 10.2 Å². The molecule has 2 atom stereocenters. The van der Waals surface area contributed by atoms with Gasteiger partial charge < -0.3 is 9.64 Å². The molecule has 0 aromatic rings. The minimum Gasteiger partial charge on any atom is -0.373 e. The second kappa shape index (κ2) is 7.72. The van der Waals surface area contributed by atoms with Crippen LogP contribution in [-0.2, 0) is 19.7 Å². The predicted octanol–water partition coefficient (Wildman–Crippen LogP) is 0.333. The molecule has 2 aliphatic rings. The Morgan fingerprint density at radius 2 is 1.86 bits per heavy atom. The molecule has 2 saturated heterocycles. The van der Waals surface area contributed by atoms with Crippen LogP contribution in [0.2, 0.25) is 0 Å². The molecule has 2 fully saturated rings. The van der Waals surface area contributed by atoms with E-state index in [-0.39, 0.29) is 24.7 Å². The predicted molar refractivity (Wildman–Crippen MR) is 83.6 cm³/mol. The molecule has 0 saturated carbocycles. The van der Waals surface area contributed by atoms with Crippen molar-refractivity contribution in [3.05, 3.63) is 0 Å². The highest BCUT2D eigenvalue weighted by Gasteiger charge is 2.30. The second-order valence-electron chi connectivity index (χ2n) is 6.17. The number of hydrogen-bond acceptors (Lipinski definition) is 4. The minimum absolute atomic E-state index is 0.104. The molecule has 2 heterocycles. The fourth-order valence-corrected chi connectivity index (χ4v) is 4.35. The van der Waals surface area contributed by atoms with Crippen molar-refractivity contribution in [1.29, 1.82) is 0 Å². The van der Waals surface area contributed by atoms with Crippen LogP contribution in [0.25, 0.3) is 0 Å². The zero-order chi connectivity index (χ0) is 16.2. The summed E-state index contributed by atoms with van der Waals surface area (Å²) in [5.74, 6) is 0.130. The SMILES string of the molecule is CC1CN(S(=O)(=O)NCCN2CCCCCC2=O)CC(C)O1. The van der Waals surface area contributed by atoms with Crippen molar-refractivity contribution in [2.75, 3.05) is 32.7 Å². The normalized spacial score (nSPS) is 28.6. The molecule has 0 aromatic heterocycles. The minimum atomic E-state index is -3.51. The van der Waals surface area contributed by atoms with Gasteiger partial charge in [0, 0.05) is 39.1 Å². The Labute approximate surface area is 133 Å². The molecule has 0 radical (unpaired) electrons. The van der Waals surface area contributed by atoms with Crippen molar-refractivity contribution < 1.29 is 17.9 Å². The topological polar surface area (TPSA) is 79.0 Å². The maximum atomic E-state index is 12.3. The molecule has 0 spiro atoms. The summed E-state index contributed by atoms with van der Waals surface area (Å²) in [5.41, 5.74) is 0. The van der Waals surface area contributed by atoms with Crippen LogP contribution in [0.15, 0.2) is 0 Å². The highest BCUT2D eigenvalue weighted by atomic mass is 32.2. The van der Waals surface area contributed by atoms with Gasteiger partial charge in [-0.15, -0.1) is 0 Å². The first kappa shape index (κ1) is 17.7. The molecular formula is C14H27N3O4S. The lowest BCUT2D eigenvalue weighted by Crippen LogP contribution is -2.52. The molecule has 2 unspecified atom stereocenters. The van der Waals surface area contributed by atoms with E-state index in [2.05, 4.69) is 4.72 Å². The lowest BCUT2D eigenvalue weighted by molar-refractivity contribution is -0.130. The van der Waals surface area contributed by atoms with E-state index in [9.17, 15) is 13.2 Å². The summed E-state index contributed by atoms with van der Waals surface area (Å²) in [7, 11) is -3.51. The fourth-order valence-electron chi connectivity index (χ4n) is 3.00. The lowest BCUT2D eigenvalue weighted by atomic mass is 10.2. The smallest absolute Gasteiger partial charge is 0.279 e. The number of nitrogens with zero attached hydrogens (tertiary/aromatic N) is 2. The quantitative estimate of drug-likeness (QED) is 0.786. The summed E-state index contributed by atoms with van der Waals surface area (Å²) < 4.78 is 34.2. The van der Waals surface area contributed by atoms with Crippen LogP contribution < -0.4 is 4.72 Å². The van der Waals surface area contributed by atoms with E-state index in [1.807, 2.05) is 13.8 Å². The number of rotatable bonds is 5. The largest absolute Gasteiger partial charge is 0.373 e. The second-order valence-corrected chi connectivity index (χ2v) is 7.92. The third-order valence-electron chi connectivity index (χ3n) is 4.06. The van der Waals surface area contributed by atoms with Gasteiger partial charge in [0.15, 0.2) is 0 Å². The Balaban J connectivity index is 1.83. The molecule has 8 heteroatoms. The number of nitrogens with one attached hydrogen (secondary N) is 1. The van der Waals surface area contributed by atoms with Crippen LogP contribution in [0.3, 0.4) is 0 Å². The number of carbonyl (C=O) groups excluding carboxylic acids is 1. The van der Waals surface area contributed by atoms with E-state index in [4.69, 9.17) is 4.74 Å². The number of amides is 1. The molecule has 1 N–H and O–H groups in total. The van der Waals surface area contributed by atoms with Crippen molar-refractivity contribution in [2.24, 2.45) is 0 Å². The van der Waals surface area contributed by atoms with Gasteiger partial charge in [0.05, 0.1) is 12.2 Å². The molecule has 7 nitrogen and oxygen atoms in total. The highest BCUT2D eigenvalue weighted by molar-refractivity contribution is 7.87. The first-order chi connectivity index (χ1) is 10.4. The third kappa shape index (κ3) is 4.91. The molecule has 0 bridgehead atoms. The Bertz CT molecular complexity index is 472. The van der Waals surface area contributed by atoms with E-state index in [1.165, 1.54) is 4.31 Å². The third-order valence-corrected chi connectivity index (χ3v) is 5.61. The number of likely N-dealkylation sites (tertiary alicyclic amines) is 1. The van der Waals surface area contributed by atoms with E-state index in [0.29, 0.717) is 26.1 Å². The highest BCUT2D eigenvalue weighted by Crippen LogP contribution is 2.14. The number of hydrogen-bond donors (Lipinski definition) is 1. The van der Waals surface area contributed by atoms with Crippen molar-refractivity contribution in [1.82, 2.24) is 13.9 Å². The standard InChI is InChI=1S/C14H27N3O4S/c1-12-10-17(11-13(2)21-12)22(19,20)15-7-9-16-8-5-3-4-6-14(16)18/h12-13,15H,3-11H2,1-2H3. The van der Waals surface area contributed by atoms with Gasteiger partial charge in [-0.3, -0.25) is 4.79 Å². The van der Waals surface area contributed by atoms with Crippen LogP contribution in [0.5, 0.6) is 0 Å². The van der Waals surface area contributed by atoms with Crippen molar-refractivity contribution in [3.8, 4) is 0 Å². The van der Waals surface area contributed by atoms with Crippen LogP contribution in [0.4, 0.5) is 0 Å². The van der Waals surface area contributed by atoms with E-state index < -0.39 is 10.2 Å². The van der Waals surface area contributed by atoms with E-state index in [1.54, 1.807) is 4.90 Å². The summed E-state index contributed by atoms with van der Waals surface area (Å²) in [4.78, 5) is 13.6. The zero-order valence-electron chi connectivity index (χ0n) is 13.5. The lowest BCUT2D eigenvalue weighted by Gasteiger charge is -2.34. The summed E-state index contributed by atoms with van der Waals surface area (Å²) in [6.45, 7) is 5.89. The first-order valence-electron chi connectivity index (χ1n) is 8.06. The van der Waals surface area contributed by atoms with Gasteiger partial charge in [0.2, 0.25) is 5.91 Å². The fraction of sp³-hybridized carbons (Fsp3) is 0.929. The summed E-state index contributed by atoms with van der Waals surface area (Å²) >= 11 is 0. The van der Waals surface area contributed by atoms with Gasteiger partial charge in [-0.2, -0.15) is 12.7 Å². The molecule has 1 amide bonds. The van der Waals surface area contributed by atoms with Crippen molar-refractivity contribution in [2.45, 2.75) is 51.7 Å². The molecular weight excluding hydrogens is 306 g/mol. The first-order valence-corrected chi connectivity index (χ1v) is 9.50. The number of carbonyl (C=O) groups is 1. The van der Waals surface area contributed by atoms with E-state index in [0.717, 1.165) is 25.8 Å². The Morgan fingerprint density at radius 3 is 2.55 bits per heavy atom. The Morgan fingerprint density at radius 1 is 1.18 bits per heavy atom. The molecule has 0 aliphatic carbocycles. The molecule has 128 valence electrons. The molecule has 2 rings (SSSR count). The summed E-state index contributed by atoms with van der Waals surface area (Å²) in [6.07, 6.45) is 3.37. The average Bonchev–Trinajstić information content (AvgIpc) is 2.63. The number of morpholine rings is 1. The van der Waals surface area contributed by atoms with Gasteiger partial charge in [-0.05, 0) is 26.7 Å². The average molecular weight is 333 g/mol. The monoisotopic (exact) mass is 333 g/mol. The van der Waals surface area contributed by atoms with Gasteiger partial charge in [-0.1, -0.05) is 6.42 Å². The Kier molecular flexibility index (Phi) is 6.19. The maximum Gasteiger partial charge on any atom is 0.279 e. The van der Waals surface area contributed by atoms with E-state index >= 15 is 0 Å². The zero-order valence-corrected chi connectivity index (χ0v) is 14.3. The van der Waals surface area contributed by atoms with Crippen LogP contribution in [0.1, 0.15) is 39.5 Å². The van der Waals surface area contributed by atoms with Crippen LogP contribution in [0, 0.1) is 0 Å². The van der Waals surface area contributed by atoms with Gasteiger partial charge in [-0.25, -0.2) is 4.72 Å².